The van der Waals surface area contributed by atoms with Crippen LogP contribution in [0.5, 0.6) is 0 Å². The number of piperidine rings is 1. The Kier molecular flexibility index (Phi) is 6.63. The second kappa shape index (κ2) is 8.23. The van der Waals surface area contributed by atoms with E-state index in [-0.39, 0.29) is 0 Å². The number of hydrogen-bond acceptors (Lipinski definition) is 2. The first-order valence-corrected chi connectivity index (χ1v) is 8.31. The molecule has 20 heavy (non-hydrogen) atoms. The predicted octanol–water partition coefficient (Wildman–Crippen LogP) is 4.35. The predicted molar refractivity (Wildman–Crippen MR) is 87.7 cm³/mol. The zero-order valence-electron chi connectivity index (χ0n) is 12.2. The Balaban J connectivity index is 1.64. The first-order chi connectivity index (χ1) is 9.66. The van der Waals surface area contributed by atoms with Gasteiger partial charge in [0.25, 0.3) is 0 Å². The smallest absolute Gasteiger partial charge is 0.0465 e. The highest BCUT2D eigenvalue weighted by Gasteiger charge is 2.16. The third-order valence-corrected chi connectivity index (χ3v) is 4.66. The van der Waals surface area contributed by atoms with Crippen LogP contribution in [0.4, 0.5) is 0 Å². The lowest BCUT2D eigenvalue weighted by atomic mass is 10.0. The molecule has 0 radical (unpaired) electrons. The van der Waals surface area contributed by atoms with Crippen molar-refractivity contribution in [2.45, 2.75) is 45.2 Å². The molecule has 0 aliphatic carbocycles. The maximum Gasteiger partial charge on any atom is 0.0465 e. The molecule has 2 nitrogen and oxygen atoms in total. The molecule has 1 aliphatic rings. The summed E-state index contributed by atoms with van der Waals surface area (Å²) >= 11 is 12.0. The van der Waals surface area contributed by atoms with Crippen LogP contribution < -0.4 is 5.32 Å². The Labute approximate surface area is 132 Å². The molecule has 1 fully saturated rings. The largest absolute Gasteiger partial charge is 0.313 e. The van der Waals surface area contributed by atoms with E-state index >= 15 is 0 Å². The van der Waals surface area contributed by atoms with Crippen LogP contribution in [-0.4, -0.2) is 30.6 Å². The number of hydrogen-bond donors (Lipinski definition) is 1. The Hall–Kier alpha value is -0.280. The van der Waals surface area contributed by atoms with E-state index in [1.54, 1.807) is 6.07 Å². The molecule has 4 heteroatoms. The van der Waals surface area contributed by atoms with Gasteiger partial charge < -0.3 is 10.2 Å². The normalized spacial score (nSPS) is 20.2. The first-order valence-electron chi connectivity index (χ1n) is 7.55. The average Bonchev–Trinajstić information content (AvgIpc) is 2.42. The molecule has 1 aliphatic heterocycles. The van der Waals surface area contributed by atoms with Gasteiger partial charge in [-0.25, -0.2) is 0 Å². The molecule has 0 bridgehead atoms. The fraction of sp³-hybridized carbons (Fsp3) is 0.625. The van der Waals surface area contributed by atoms with E-state index in [1.807, 2.05) is 12.1 Å². The summed E-state index contributed by atoms with van der Waals surface area (Å²) in [5, 5.41) is 4.90. The molecule has 0 saturated carbocycles. The fourth-order valence-corrected chi connectivity index (χ4v) is 3.26. The Morgan fingerprint density at radius 2 is 2.15 bits per heavy atom. The maximum absolute atomic E-state index is 6.15. The van der Waals surface area contributed by atoms with E-state index in [0.717, 1.165) is 29.7 Å². The van der Waals surface area contributed by atoms with Gasteiger partial charge >= 0.3 is 0 Å². The van der Waals surface area contributed by atoms with Crippen LogP contribution in [0.15, 0.2) is 18.2 Å². The van der Waals surface area contributed by atoms with Gasteiger partial charge in [0, 0.05) is 22.6 Å². The average molecular weight is 315 g/mol. The van der Waals surface area contributed by atoms with E-state index in [1.165, 1.54) is 38.8 Å². The number of halogens is 2. The Morgan fingerprint density at radius 3 is 2.90 bits per heavy atom. The lowest BCUT2D eigenvalue weighted by molar-refractivity contribution is 0.159. The summed E-state index contributed by atoms with van der Waals surface area (Å²) < 4.78 is 0. The number of likely N-dealkylation sites (tertiary alicyclic amines) is 1. The molecule has 1 aromatic carbocycles. The minimum atomic E-state index is 0.692. The molecule has 1 saturated heterocycles. The van der Waals surface area contributed by atoms with Crippen LogP contribution in [0.1, 0.15) is 38.2 Å². The maximum atomic E-state index is 6.15. The van der Waals surface area contributed by atoms with Crippen molar-refractivity contribution in [2.24, 2.45) is 0 Å². The van der Waals surface area contributed by atoms with Gasteiger partial charge in [-0.3, -0.25) is 0 Å². The van der Waals surface area contributed by atoms with Crippen molar-refractivity contribution in [2.75, 3.05) is 19.6 Å². The molecule has 1 atom stereocenters. The molecular weight excluding hydrogens is 291 g/mol. The molecule has 0 aromatic heterocycles. The van der Waals surface area contributed by atoms with Gasteiger partial charge in [0.05, 0.1) is 0 Å². The van der Waals surface area contributed by atoms with Crippen LogP contribution in [0.3, 0.4) is 0 Å². The quantitative estimate of drug-likeness (QED) is 0.785. The minimum absolute atomic E-state index is 0.692. The fourth-order valence-electron chi connectivity index (χ4n) is 2.79. The molecule has 1 aromatic rings. The summed E-state index contributed by atoms with van der Waals surface area (Å²) in [6.07, 6.45) is 5.30. The van der Waals surface area contributed by atoms with Crippen LogP contribution in [0.2, 0.25) is 10.0 Å². The van der Waals surface area contributed by atoms with E-state index in [0.29, 0.717) is 5.02 Å². The number of nitrogens with one attached hydrogen (secondary N) is 1. The van der Waals surface area contributed by atoms with Crippen LogP contribution in [0.25, 0.3) is 0 Å². The van der Waals surface area contributed by atoms with Crippen molar-refractivity contribution in [1.29, 1.82) is 0 Å². The monoisotopic (exact) mass is 314 g/mol. The number of benzene rings is 1. The summed E-state index contributed by atoms with van der Waals surface area (Å²) in [7, 11) is 0. The van der Waals surface area contributed by atoms with Gasteiger partial charge in [-0.15, -0.1) is 0 Å². The third-order valence-electron chi connectivity index (χ3n) is 4.07. The summed E-state index contributed by atoms with van der Waals surface area (Å²) in [5.74, 6) is 0. The van der Waals surface area contributed by atoms with E-state index < -0.39 is 0 Å². The van der Waals surface area contributed by atoms with E-state index in [2.05, 4.69) is 17.1 Å². The molecule has 0 spiro atoms. The van der Waals surface area contributed by atoms with Crippen molar-refractivity contribution < 1.29 is 0 Å². The minimum Gasteiger partial charge on any atom is -0.313 e. The van der Waals surface area contributed by atoms with Gasteiger partial charge in [-0.2, -0.15) is 0 Å². The SMILES string of the molecule is CC1CCCCN1CCCNCc1ccc(Cl)cc1Cl. The summed E-state index contributed by atoms with van der Waals surface area (Å²) in [5.41, 5.74) is 1.11. The molecular formula is C16H24Cl2N2. The van der Waals surface area contributed by atoms with Crippen molar-refractivity contribution >= 4 is 23.2 Å². The summed E-state index contributed by atoms with van der Waals surface area (Å²) in [6, 6.07) is 6.44. The van der Waals surface area contributed by atoms with Gasteiger partial charge in [-0.05, 0) is 63.5 Å². The lowest BCUT2D eigenvalue weighted by Crippen LogP contribution is -2.38. The third kappa shape index (κ3) is 4.92. The molecule has 2 rings (SSSR count). The molecule has 1 unspecified atom stereocenters. The van der Waals surface area contributed by atoms with Crippen molar-refractivity contribution in [3.8, 4) is 0 Å². The van der Waals surface area contributed by atoms with Gasteiger partial charge in [0.2, 0.25) is 0 Å². The lowest BCUT2D eigenvalue weighted by Gasteiger charge is -2.33. The standard InChI is InChI=1S/C16H24Cl2N2/c1-13-5-2-3-9-20(13)10-4-8-19-12-14-6-7-15(17)11-16(14)18/h6-7,11,13,19H,2-5,8-10,12H2,1H3. The number of rotatable bonds is 6. The van der Waals surface area contributed by atoms with Crippen LogP contribution in [0, 0.1) is 0 Å². The first kappa shape index (κ1) is 16.1. The van der Waals surface area contributed by atoms with Gasteiger partial charge in [0.1, 0.15) is 0 Å². The highest BCUT2D eigenvalue weighted by molar-refractivity contribution is 6.35. The van der Waals surface area contributed by atoms with E-state index in [4.69, 9.17) is 23.2 Å². The molecule has 1 heterocycles. The van der Waals surface area contributed by atoms with Gasteiger partial charge in [-0.1, -0.05) is 35.7 Å². The van der Waals surface area contributed by atoms with Crippen LogP contribution >= 0.6 is 23.2 Å². The highest BCUT2D eigenvalue weighted by atomic mass is 35.5. The van der Waals surface area contributed by atoms with Crippen molar-refractivity contribution in [3.63, 3.8) is 0 Å². The summed E-state index contributed by atoms with van der Waals surface area (Å²) in [4.78, 5) is 2.61. The Morgan fingerprint density at radius 1 is 1.30 bits per heavy atom. The van der Waals surface area contributed by atoms with E-state index in [9.17, 15) is 0 Å². The zero-order chi connectivity index (χ0) is 14.4. The molecule has 1 N–H and O–H groups in total. The summed E-state index contributed by atoms with van der Waals surface area (Å²) in [6.45, 7) is 6.65. The van der Waals surface area contributed by atoms with Crippen molar-refractivity contribution in [1.82, 2.24) is 10.2 Å². The highest BCUT2D eigenvalue weighted by Crippen LogP contribution is 2.20. The van der Waals surface area contributed by atoms with Crippen molar-refractivity contribution in [3.05, 3.63) is 33.8 Å². The molecule has 0 amide bonds. The van der Waals surface area contributed by atoms with Crippen LogP contribution in [-0.2, 0) is 6.54 Å². The second-order valence-electron chi connectivity index (χ2n) is 5.65. The molecule has 112 valence electrons. The van der Waals surface area contributed by atoms with Gasteiger partial charge in [0.15, 0.2) is 0 Å². The number of nitrogens with zero attached hydrogens (tertiary/aromatic N) is 1. The Bertz CT molecular complexity index is 423. The zero-order valence-corrected chi connectivity index (χ0v) is 13.7. The second-order valence-corrected chi connectivity index (χ2v) is 6.49. The topological polar surface area (TPSA) is 15.3 Å².